The molecule has 1 aromatic rings. The standard InChI is InChI=1S/C9H13N3O3S/c1-3-12(5-7(13)14)9(15)11-8-10-4-6(2)16-8/h4H,3,5H2,1-2H3,(H,13,14)(H,10,11,15). The van der Waals surface area contributed by atoms with Crippen LogP contribution < -0.4 is 5.32 Å². The Morgan fingerprint density at radius 2 is 2.31 bits per heavy atom. The van der Waals surface area contributed by atoms with Gasteiger partial charge in [-0.2, -0.15) is 0 Å². The summed E-state index contributed by atoms with van der Waals surface area (Å²) in [5, 5.41) is 11.6. The highest BCUT2D eigenvalue weighted by Gasteiger charge is 2.15. The van der Waals surface area contributed by atoms with Crippen molar-refractivity contribution in [2.45, 2.75) is 13.8 Å². The quantitative estimate of drug-likeness (QED) is 0.837. The van der Waals surface area contributed by atoms with Crippen LogP contribution >= 0.6 is 11.3 Å². The van der Waals surface area contributed by atoms with Crippen LogP contribution in [-0.4, -0.2) is 40.1 Å². The van der Waals surface area contributed by atoms with Crippen molar-refractivity contribution in [1.82, 2.24) is 9.88 Å². The second-order valence-electron chi connectivity index (χ2n) is 3.11. The molecule has 7 heteroatoms. The van der Waals surface area contributed by atoms with Gasteiger partial charge in [-0.1, -0.05) is 0 Å². The van der Waals surface area contributed by atoms with Crippen LogP contribution in [0.4, 0.5) is 9.93 Å². The molecule has 0 aromatic carbocycles. The Labute approximate surface area is 96.9 Å². The fourth-order valence-corrected chi connectivity index (χ4v) is 1.73. The Morgan fingerprint density at radius 3 is 2.75 bits per heavy atom. The summed E-state index contributed by atoms with van der Waals surface area (Å²) in [6.45, 7) is 3.62. The lowest BCUT2D eigenvalue weighted by Crippen LogP contribution is -2.38. The normalized spacial score (nSPS) is 9.88. The van der Waals surface area contributed by atoms with Crippen molar-refractivity contribution in [1.29, 1.82) is 0 Å². The van der Waals surface area contributed by atoms with E-state index < -0.39 is 12.0 Å². The molecule has 2 amide bonds. The van der Waals surface area contributed by atoms with Gasteiger partial charge in [-0.3, -0.25) is 10.1 Å². The van der Waals surface area contributed by atoms with Crippen molar-refractivity contribution >= 4 is 28.5 Å². The molecule has 2 N–H and O–H groups in total. The van der Waals surface area contributed by atoms with Gasteiger partial charge in [-0.05, 0) is 13.8 Å². The summed E-state index contributed by atoms with van der Waals surface area (Å²) in [5.41, 5.74) is 0. The third kappa shape index (κ3) is 3.50. The predicted molar refractivity (Wildman–Crippen MR) is 60.8 cm³/mol. The highest BCUT2D eigenvalue weighted by Crippen LogP contribution is 2.16. The smallest absolute Gasteiger partial charge is 0.324 e. The van der Waals surface area contributed by atoms with Crippen molar-refractivity contribution in [2.24, 2.45) is 0 Å². The Bertz CT molecular complexity index is 391. The van der Waals surface area contributed by atoms with E-state index in [2.05, 4.69) is 10.3 Å². The van der Waals surface area contributed by atoms with Crippen molar-refractivity contribution < 1.29 is 14.7 Å². The fourth-order valence-electron chi connectivity index (χ4n) is 1.07. The van der Waals surface area contributed by atoms with Gasteiger partial charge < -0.3 is 10.0 Å². The number of carboxylic acid groups (broad SMARTS) is 1. The molecule has 0 radical (unpaired) electrons. The molecule has 0 aliphatic rings. The summed E-state index contributed by atoms with van der Waals surface area (Å²) in [6, 6.07) is -0.445. The molecule has 0 atom stereocenters. The Kier molecular flexibility index (Phi) is 4.24. The number of anilines is 1. The topological polar surface area (TPSA) is 82.5 Å². The van der Waals surface area contributed by atoms with Gasteiger partial charge in [0.15, 0.2) is 5.13 Å². The number of likely N-dealkylation sites (N-methyl/N-ethyl adjacent to an activating group) is 1. The monoisotopic (exact) mass is 243 g/mol. The van der Waals surface area contributed by atoms with Gasteiger partial charge in [0.1, 0.15) is 6.54 Å². The number of thiazole rings is 1. The molecule has 0 fully saturated rings. The average molecular weight is 243 g/mol. The average Bonchev–Trinajstić information content (AvgIpc) is 2.60. The number of aromatic nitrogens is 1. The summed E-state index contributed by atoms with van der Waals surface area (Å²) in [4.78, 5) is 28.2. The summed E-state index contributed by atoms with van der Waals surface area (Å²) in [7, 11) is 0. The summed E-state index contributed by atoms with van der Waals surface area (Å²) < 4.78 is 0. The lowest BCUT2D eigenvalue weighted by atomic mass is 10.5. The molecule has 0 saturated heterocycles. The van der Waals surface area contributed by atoms with E-state index in [-0.39, 0.29) is 6.54 Å². The molecule has 1 aromatic heterocycles. The van der Waals surface area contributed by atoms with Gasteiger partial charge in [0.25, 0.3) is 0 Å². The number of urea groups is 1. The molecule has 1 heterocycles. The molecule has 88 valence electrons. The first-order valence-corrected chi connectivity index (χ1v) is 5.54. The number of rotatable bonds is 4. The van der Waals surface area contributed by atoms with Gasteiger partial charge >= 0.3 is 12.0 Å². The first-order chi connectivity index (χ1) is 7.52. The van der Waals surface area contributed by atoms with E-state index in [1.807, 2.05) is 6.92 Å². The number of nitrogens with one attached hydrogen (secondary N) is 1. The number of aliphatic carboxylic acids is 1. The van der Waals surface area contributed by atoms with E-state index in [4.69, 9.17) is 5.11 Å². The van der Waals surface area contributed by atoms with E-state index >= 15 is 0 Å². The van der Waals surface area contributed by atoms with Gasteiger partial charge in [-0.25, -0.2) is 9.78 Å². The summed E-state index contributed by atoms with van der Waals surface area (Å²) in [6.07, 6.45) is 1.65. The SMILES string of the molecule is CCN(CC(=O)O)C(=O)Nc1ncc(C)s1. The van der Waals surface area contributed by atoms with Crippen LogP contribution in [0, 0.1) is 6.92 Å². The van der Waals surface area contributed by atoms with E-state index in [0.29, 0.717) is 11.7 Å². The molecule has 0 aliphatic heterocycles. The number of carboxylic acids is 1. The van der Waals surface area contributed by atoms with Gasteiger partial charge in [0.2, 0.25) is 0 Å². The molecule has 0 unspecified atom stereocenters. The van der Waals surface area contributed by atoms with Crippen molar-refractivity contribution in [3.05, 3.63) is 11.1 Å². The third-order valence-electron chi connectivity index (χ3n) is 1.83. The minimum atomic E-state index is -1.03. The van der Waals surface area contributed by atoms with Crippen molar-refractivity contribution in [2.75, 3.05) is 18.4 Å². The van der Waals surface area contributed by atoms with Crippen molar-refractivity contribution in [3.63, 3.8) is 0 Å². The molecular formula is C9H13N3O3S. The number of nitrogens with zero attached hydrogens (tertiary/aromatic N) is 2. The van der Waals surface area contributed by atoms with Gasteiger partial charge in [-0.15, -0.1) is 11.3 Å². The molecule has 1 rings (SSSR count). The molecule has 0 aliphatic carbocycles. The molecule has 0 saturated carbocycles. The molecule has 0 bridgehead atoms. The van der Waals surface area contributed by atoms with Crippen LogP contribution in [0.25, 0.3) is 0 Å². The molecule has 0 spiro atoms. The number of hydrogen-bond acceptors (Lipinski definition) is 4. The molecule has 6 nitrogen and oxygen atoms in total. The Balaban J connectivity index is 2.59. The van der Waals surface area contributed by atoms with Crippen LogP contribution in [0.2, 0.25) is 0 Å². The largest absolute Gasteiger partial charge is 0.480 e. The lowest BCUT2D eigenvalue weighted by molar-refractivity contribution is -0.137. The van der Waals surface area contributed by atoms with Gasteiger partial charge in [0, 0.05) is 17.6 Å². The highest BCUT2D eigenvalue weighted by molar-refractivity contribution is 7.15. The van der Waals surface area contributed by atoms with E-state index in [9.17, 15) is 9.59 Å². The molecule has 16 heavy (non-hydrogen) atoms. The minimum Gasteiger partial charge on any atom is -0.480 e. The summed E-state index contributed by atoms with van der Waals surface area (Å²) >= 11 is 1.35. The third-order valence-corrected chi connectivity index (χ3v) is 2.66. The zero-order valence-electron chi connectivity index (χ0n) is 9.06. The zero-order chi connectivity index (χ0) is 12.1. The van der Waals surface area contributed by atoms with Crippen LogP contribution in [0.1, 0.15) is 11.8 Å². The number of carbonyl (C=O) groups is 2. The number of amides is 2. The lowest BCUT2D eigenvalue weighted by Gasteiger charge is -2.17. The van der Waals surface area contributed by atoms with E-state index in [1.54, 1.807) is 13.1 Å². The molecular weight excluding hydrogens is 230 g/mol. The summed E-state index contributed by atoms with van der Waals surface area (Å²) in [5.74, 6) is -1.03. The zero-order valence-corrected chi connectivity index (χ0v) is 9.87. The second kappa shape index (κ2) is 5.45. The highest BCUT2D eigenvalue weighted by atomic mass is 32.1. The van der Waals surface area contributed by atoms with E-state index in [0.717, 1.165) is 4.88 Å². The minimum absolute atomic E-state index is 0.313. The maximum absolute atomic E-state index is 11.6. The first-order valence-electron chi connectivity index (χ1n) is 4.73. The number of carbonyl (C=O) groups excluding carboxylic acids is 1. The fraction of sp³-hybridized carbons (Fsp3) is 0.444. The van der Waals surface area contributed by atoms with E-state index in [1.165, 1.54) is 16.2 Å². The predicted octanol–water partition coefficient (Wildman–Crippen LogP) is 1.39. The maximum atomic E-state index is 11.6. The second-order valence-corrected chi connectivity index (χ2v) is 4.35. The van der Waals surface area contributed by atoms with Gasteiger partial charge in [0.05, 0.1) is 0 Å². The Morgan fingerprint density at radius 1 is 1.62 bits per heavy atom. The van der Waals surface area contributed by atoms with Crippen LogP contribution in [-0.2, 0) is 4.79 Å². The number of aryl methyl sites for hydroxylation is 1. The number of hydrogen-bond donors (Lipinski definition) is 2. The van der Waals surface area contributed by atoms with Crippen LogP contribution in [0.3, 0.4) is 0 Å². The van der Waals surface area contributed by atoms with Crippen LogP contribution in [0.15, 0.2) is 6.20 Å². The van der Waals surface area contributed by atoms with Crippen LogP contribution in [0.5, 0.6) is 0 Å². The Hall–Kier alpha value is -1.63. The van der Waals surface area contributed by atoms with Crippen molar-refractivity contribution in [3.8, 4) is 0 Å². The maximum Gasteiger partial charge on any atom is 0.324 e. The first kappa shape index (κ1) is 12.4.